The third-order valence-electron chi connectivity index (χ3n) is 1.68. The van der Waals surface area contributed by atoms with Crippen LogP contribution in [0.25, 0.3) is 0 Å². The van der Waals surface area contributed by atoms with Crippen LogP contribution in [0.5, 0.6) is 5.75 Å². The van der Waals surface area contributed by atoms with Crippen LogP contribution in [0.15, 0.2) is 18.2 Å². The largest absolute Gasteiger partial charge is 0.411 e. The Balaban J connectivity index is 0.000001000. The summed E-state index contributed by atoms with van der Waals surface area (Å²) in [6.45, 7) is 4.01. The molecule has 0 aromatic heterocycles. The summed E-state index contributed by atoms with van der Waals surface area (Å²) in [4.78, 5) is 4.63. The molecule has 3 heteroatoms. The molecule has 0 unspecified atom stereocenters. The van der Waals surface area contributed by atoms with Crippen LogP contribution in [0.2, 0.25) is 0 Å². The van der Waals surface area contributed by atoms with E-state index >= 15 is 0 Å². The van der Waals surface area contributed by atoms with Gasteiger partial charge in [-0.3, -0.25) is 0 Å². The molecule has 0 bridgehead atoms. The lowest BCUT2D eigenvalue weighted by Gasteiger charge is -2.04. The summed E-state index contributed by atoms with van der Waals surface area (Å²) in [5.74, 6) is 5.77. The van der Waals surface area contributed by atoms with Crippen LogP contribution in [-0.2, 0) is 0 Å². The topological polar surface area (TPSA) is 35.2 Å². The highest BCUT2D eigenvalue weighted by molar-refractivity contribution is 5.85. The molecular formula is C8H12ClNO. The zero-order valence-electron chi connectivity index (χ0n) is 6.63. The smallest absolute Gasteiger partial charge is 0.149 e. The molecule has 0 saturated carbocycles. The van der Waals surface area contributed by atoms with Gasteiger partial charge in [-0.05, 0) is 31.0 Å². The highest BCUT2D eigenvalue weighted by Gasteiger charge is 1.98. The second kappa shape index (κ2) is 4.21. The summed E-state index contributed by atoms with van der Waals surface area (Å²) < 4.78 is 0. The van der Waals surface area contributed by atoms with Crippen molar-refractivity contribution in [2.45, 2.75) is 13.8 Å². The number of hydrogen-bond donors (Lipinski definition) is 1. The van der Waals surface area contributed by atoms with Crippen LogP contribution in [0, 0.1) is 13.8 Å². The van der Waals surface area contributed by atoms with Crippen LogP contribution in [0.3, 0.4) is 0 Å². The van der Waals surface area contributed by atoms with E-state index < -0.39 is 0 Å². The second-order valence-electron chi connectivity index (χ2n) is 2.32. The van der Waals surface area contributed by atoms with Gasteiger partial charge >= 0.3 is 0 Å². The molecule has 11 heavy (non-hydrogen) atoms. The number of benzene rings is 1. The first-order valence-electron chi connectivity index (χ1n) is 3.18. The number of halogens is 1. The first kappa shape index (κ1) is 10.3. The fraction of sp³-hybridized carbons (Fsp3) is 0.250. The monoisotopic (exact) mass is 173 g/mol. The van der Waals surface area contributed by atoms with Gasteiger partial charge in [-0.1, -0.05) is 12.1 Å². The summed E-state index contributed by atoms with van der Waals surface area (Å²) in [6, 6.07) is 5.80. The average molecular weight is 174 g/mol. The SMILES string of the molecule is Cc1cccc(ON)c1C.Cl. The molecule has 0 heterocycles. The van der Waals surface area contributed by atoms with Gasteiger partial charge < -0.3 is 4.84 Å². The Morgan fingerprint density at radius 1 is 1.27 bits per heavy atom. The van der Waals surface area contributed by atoms with E-state index in [9.17, 15) is 0 Å². The molecule has 2 nitrogen and oxygen atoms in total. The minimum absolute atomic E-state index is 0. The van der Waals surface area contributed by atoms with E-state index in [1.54, 1.807) is 0 Å². The molecule has 0 fully saturated rings. The lowest BCUT2D eigenvalue weighted by atomic mass is 10.1. The average Bonchev–Trinajstić information content (AvgIpc) is 1.95. The van der Waals surface area contributed by atoms with Crippen molar-refractivity contribution in [3.63, 3.8) is 0 Å². The Hall–Kier alpha value is -0.730. The van der Waals surface area contributed by atoms with Crippen molar-refractivity contribution in [3.8, 4) is 5.75 Å². The van der Waals surface area contributed by atoms with Gasteiger partial charge in [-0.15, -0.1) is 12.4 Å². The van der Waals surface area contributed by atoms with Gasteiger partial charge in [0.2, 0.25) is 0 Å². The molecule has 1 aromatic rings. The van der Waals surface area contributed by atoms with Gasteiger partial charge in [0, 0.05) is 0 Å². The first-order chi connectivity index (χ1) is 4.75. The van der Waals surface area contributed by atoms with Crippen LogP contribution in [0.4, 0.5) is 0 Å². The standard InChI is InChI=1S/C8H11NO.ClH/c1-6-4-3-5-8(10-9)7(6)2;/h3-5H,9H2,1-2H3;1H. The fourth-order valence-corrected chi connectivity index (χ4v) is 0.852. The zero-order valence-corrected chi connectivity index (χ0v) is 7.44. The van der Waals surface area contributed by atoms with Crippen LogP contribution >= 0.6 is 12.4 Å². The van der Waals surface area contributed by atoms with Crippen LogP contribution in [0.1, 0.15) is 11.1 Å². The minimum atomic E-state index is 0. The highest BCUT2D eigenvalue weighted by atomic mass is 35.5. The van der Waals surface area contributed by atoms with Crippen molar-refractivity contribution in [1.82, 2.24) is 0 Å². The van der Waals surface area contributed by atoms with Crippen molar-refractivity contribution in [2.24, 2.45) is 5.90 Å². The van der Waals surface area contributed by atoms with E-state index in [0.29, 0.717) is 0 Å². The van der Waals surface area contributed by atoms with Crippen molar-refractivity contribution in [1.29, 1.82) is 0 Å². The summed E-state index contributed by atoms with van der Waals surface area (Å²) in [7, 11) is 0. The molecule has 0 aliphatic heterocycles. The molecule has 0 spiro atoms. The van der Waals surface area contributed by atoms with Gasteiger partial charge in [0.15, 0.2) is 0 Å². The van der Waals surface area contributed by atoms with E-state index in [2.05, 4.69) is 4.84 Å². The maximum atomic E-state index is 5.02. The summed E-state index contributed by atoms with van der Waals surface area (Å²) >= 11 is 0. The van der Waals surface area contributed by atoms with Gasteiger partial charge in [0.1, 0.15) is 5.75 Å². The lowest BCUT2D eigenvalue weighted by molar-refractivity contribution is 0.332. The molecule has 1 rings (SSSR count). The van der Waals surface area contributed by atoms with Crippen molar-refractivity contribution in [2.75, 3.05) is 0 Å². The van der Waals surface area contributed by atoms with Gasteiger partial charge in [-0.25, -0.2) is 0 Å². The van der Waals surface area contributed by atoms with Gasteiger partial charge in [0.25, 0.3) is 0 Å². The summed E-state index contributed by atoms with van der Waals surface area (Å²) in [5, 5.41) is 0. The van der Waals surface area contributed by atoms with Crippen molar-refractivity contribution >= 4 is 12.4 Å². The van der Waals surface area contributed by atoms with Gasteiger partial charge in [0.05, 0.1) is 0 Å². The minimum Gasteiger partial charge on any atom is -0.411 e. The summed E-state index contributed by atoms with van der Waals surface area (Å²) in [6.07, 6.45) is 0. The Morgan fingerprint density at radius 2 is 1.91 bits per heavy atom. The van der Waals surface area contributed by atoms with E-state index in [1.807, 2.05) is 32.0 Å². The molecule has 1 aromatic carbocycles. The number of nitrogens with two attached hydrogens (primary N) is 1. The number of aryl methyl sites for hydroxylation is 1. The highest BCUT2D eigenvalue weighted by Crippen LogP contribution is 2.18. The molecular weight excluding hydrogens is 162 g/mol. The summed E-state index contributed by atoms with van der Waals surface area (Å²) in [5.41, 5.74) is 2.30. The third-order valence-corrected chi connectivity index (χ3v) is 1.68. The molecule has 0 radical (unpaired) electrons. The molecule has 0 aliphatic rings. The predicted molar refractivity (Wildman–Crippen MR) is 48.0 cm³/mol. The Bertz CT molecular complexity index is 238. The number of rotatable bonds is 1. The van der Waals surface area contributed by atoms with Crippen LogP contribution < -0.4 is 10.7 Å². The quantitative estimate of drug-likeness (QED) is 0.660. The third kappa shape index (κ3) is 2.10. The fourth-order valence-electron chi connectivity index (χ4n) is 0.852. The molecule has 2 N–H and O–H groups in total. The molecule has 0 saturated heterocycles. The van der Waals surface area contributed by atoms with E-state index in [0.717, 1.165) is 11.3 Å². The zero-order chi connectivity index (χ0) is 7.56. The maximum absolute atomic E-state index is 5.02. The predicted octanol–water partition coefficient (Wildman–Crippen LogP) is 1.98. The molecule has 62 valence electrons. The lowest BCUT2D eigenvalue weighted by Crippen LogP contribution is -2.03. The van der Waals surface area contributed by atoms with Gasteiger partial charge in [-0.2, -0.15) is 5.90 Å². The second-order valence-corrected chi connectivity index (χ2v) is 2.32. The normalized spacial score (nSPS) is 8.64. The van der Waals surface area contributed by atoms with Crippen molar-refractivity contribution in [3.05, 3.63) is 29.3 Å². The van der Waals surface area contributed by atoms with E-state index in [-0.39, 0.29) is 12.4 Å². The Kier molecular flexibility index (Phi) is 3.93. The molecule has 0 atom stereocenters. The van der Waals surface area contributed by atoms with Crippen LogP contribution in [-0.4, -0.2) is 0 Å². The molecule has 0 amide bonds. The first-order valence-corrected chi connectivity index (χ1v) is 3.18. The maximum Gasteiger partial charge on any atom is 0.149 e. The van der Waals surface area contributed by atoms with E-state index in [4.69, 9.17) is 5.90 Å². The Morgan fingerprint density at radius 3 is 2.36 bits per heavy atom. The molecule has 0 aliphatic carbocycles. The Labute approximate surface area is 72.7 Å². The number of hydrogen-bond acceptors (Lipinski definition) is 2. The van der Waals surface area contributed by atoms with E-state index in [1.165, 1.54) is 5.56 Å². The van der Waals surface area contributed by atoms with Crippen molar-refractivity contribution < 1.29 is 4.84 Å².